The van der Waals surface area contributed by atoms with Gasteiger partial charge in [0.2, 0.25) is 0 Å². The molecule has 0 aromatic heterocycles. The molecule has 0 radical (unpaired) electrons. The zero-order valence-electron chi connectivity index (χ0n) is 17.3. The number of hydrogen-bond acceptors (Lipinski definition) is 3. The molecule has 0 amide bonds. The van der Waals surface area contributed by atoms with Gasteiger partial charge in [0.1, 0.15) is 5.25 Å². The third-order valence-electron chi connectivity index (χ3n) is 5.26. The lowest BCUT2D eigenvalue weighted by Crippen LogP contribution is -2.33. The Hall–Kier alpha value is -0.130. The first-order valence-corrected chi connectivity index (χ1v) is 12.6. The molecule has 0 aromatic carbocycles. The van der Waals surface area contributed by atoms with Gasteiger partial charge < -0.3 is 5.11 Å². The van der Waals surface area contributed by atoms with Gasteiger partial charge in [-0.2, -0.15) is 8.42 Å². The molecule has 0 saturated heterocycles. The lowest BCUT2D eigenvalue weighted by atomic mass is 10.0. The summed E-state index contributed by atoms with van der Waals surface area (Å²) < 4.78 is 32.7. The van der Waals surface area contributed by atoms with Crippen LogP contribution in [0.25, 0.3) is 0 Å². The molecular formula is C21H44O4S. The van der Waals surface area contributed by atoms with Crippen LogP contribution in [-0.4, -0.2) is 29.4 Å². The summed E-state index contributed by atoms with van der Waals surface area (Å²) in [6, 6.07) is 0. The molecule has 5 heteroatoms. The molecule has 2 atom stereocenters. The fraction of sp³-hybridized carbons (Fsp3) is 1.00. The Morgan fingerprint density at radius 2 is 0.962 bits per heavy atom. The third kappa shape index (κ3) is 15.0. The van der Waals surface area contributed by atoms with E-state index in [2.05, 4.69) is 13.8 Å². The summed E-state index contributed by atoms with van der Waals surface area (Å²) in [6.07, 6.45) is 16.9. The third-order valence-corrected chi connectivity index (χ3v) is 6.57. The number of aliphatic hydroxyl groups excluding tert-OH is 1. The SMILES string of the molecule is CCCCCCCCCCC(C(O)CCCCCCCCC)S(=O)(=O)O. The molecule has 0 heterocycles. The van der Waals surface area contributed by atoms with Crippen LogP contribution in [0.3, 0.4) is 0 Å². The molecule has 2 unspecified atom stereocenters. The van der Waals surface area contributed by atoms with E-state index in [9.17, 15) is 18.1 Å². The lowest BCUT2D eigenvalue weighted by molar-refractivity contribution is 0.146. The van der Waals surface area contributed by atoms with Crippen LogP contribution >= 0.6 is 0 Å². The lowest BCUT2D eigenvalue weighted by Gasteiger charge is -2.20. The standard InChI is InChI=1S/C21H44O4S/c1-3-5-7-9-11-13-15-17-19-21(26(23,24)25)20(22)18-16-14-12-10-8-6-4-2/h20-22H,3-19H2,1-2H3,(H,23,24,25). The molecule has 158 valence electrons. The topological polar surface area (TPSA) is 74.6 Å². The molecule has 0 spiro atoms. The average molecular weight is 393 g/mol. The van der Waals surface area contributed by atoms with Crippen LogP contribution < -0.4 is 0 Å². The van der Waals surface area contributed by atoms with Crippen molar-refractivity contribution in [2.24, 2.45) is 0 Å². The molecule has 0 aromatic rings. The summed E-state index contributed by atoms with van der Waals surface area (Å²) in [4.78, 5) is 0. The quantitative estimate of drug-likeness (QED) is 0.200. The van der Waals surface area contributed by atoms with Gasteiger partial charge in [-0.1, -0.05) is 110 Å². The summed E-state index contributed by atoms with van der Waals surface area (Å²) in [7, 11) is -4.17. The van der Waals surface area contributed by atoms with Crippen molar-refractivity contribution in [1.82, 2.24) is 0 Å². The van der Waals surface area contributed by atoms with Crippen LogP contribution in [0.15, 0.2) is 0 Å². The van der Waals surface area contributed by atoms with Crippen molar-refractivity contribution in [2.45, 2.75) is 134 Å². The van der Waals surface area contributed by atoms with Crippen LogP contribution in [0.5, 0.6) is 0 Å². The van der Waals surface area contributed by atoms with Gasteiger partial charge in [-0.25, -0.2) is 0 Å². The van der Waals surface area contributed by atoms with E-state index in [1.165, 1.54) is 57.8 Å². The fourth-order valence-electron chi connectivity index (χ4n) is 3.52. The summed E-state index contributed by atoms with van der Waals surface area (Å²) in [5.74, 6) is 0. The van der Waals surface area contributed by atoms with Gasteiger partial charge >= 0.3 is 0 Å². The first-order chi connectivity index (χ1) is 12.4. The van der Waals surface area contributed by atoms with Gasteiger partial charge in [0, 0.05) is 0 Å². The number of hydrogen-bond donors (Lipinski definition) is 2. The van der Waals surface area contributed by atoms with Crippen molar-refractivity contribution in [1.29, 1.82) is 0 Å². The average Bonchev–Trinajstić information content (AvgIpc) is 2.58. The Bertz CT molecular complexity index is 395. The summed E-state index contributed by atoms with van der Waals surface area (Å²) in [5.41, 5.74) is 0. The smallest absolute Gasteiger partial charge is 0.270 e. The van der Waals surface area contributed by atoms with E-state index < -0.39 is 21.5 Å². The zero-order valence-corrected chi connectivity index (χ0v) is 18.1. The Balaban J connectivity index is 3.93. The van der Waals surface area contributed by atoms with Gasteiger partial charge in [-0.3, -0.25) is 4.55 Å². The second-order valence-electron chi connectivity index (χ2n) is 7.79. The molecule has 0 aliphatic carbocycles. The highest BCUT2D eigenvalue weighted by molar-refractivity contribution is 7.86. The van der Waals surface area contributed by atoms with Crippen molar-refractivity contribution < 1.29 is 18.1 Å². The molecule has 0 aliphatic heterocycles. The highest BCUT2D eigenvalue weighted by Crippen LogP contribution is 2.20. The Morgan fingerprint density at radius 1 is 0.615 bits per heavy atom. The monoisotopic (exact) mass is 392 g/mol. The van der Waals surface area contributed by atoms with Crippen molar-refractivity contribution >= 4 is 10.1 Å². The normalized spacial score (nSPS) is 14.5. The van der Waals surface area contributed by atoms with Crippen molar-refractivity contribution in [2.75, 3.05) is 0 Å². The minimum atomic E-state index is -4.17. The van der Waals surface area contributed by atoms with Crippen LogP contribution in [0, 0.1) is 0 Å². The minimum absolute atomic E-state index is 0.367. The summed E-state index contributed by atoms with van der Waals surface area (Å²) in [6.45, 7) is 4.39. The number of unbranched alkanes of at least 4 members (excludes halogenated alkanes) is 13. The predicted octanol–water partition coefficient (Wildman–Crippen LogP) is 6.28. The molecule has 0 fully saturated rings. The van der Waals surface area contributed by atoms with E-state index >= 15 is 0 Å². The zero-order chi connectivity index (χ0) is 19.7. The van der Waals surface area contributed by atoms with E-state index in [0.717, 1.165) is 38.5 Å². The Labute approximate surface area is 162 Å². The van der Waals surface area contributed by atoms with Gasteiger partial charge in [0.25, 0.3) is 10.1 Å². The maximum absolute atomic E-state index is 11.6. The highest BCUT2D eigenvalue weighted by atomic mass is 32.2. The van der Waals surface area contributed by atoms with Crippen molar-refractivity contribution in [3.05, 3.63) is 0 Å². The minimum Gasteiger partial charge on any atom is -0.392 e. The highest BCUT2D eigenvalue weighted by Gasteiger charge is 2.29. The van der Waals surface area contributed by atoms with E-state index in [-0.39, 0.29) is 0 Å². The summed E-state index contributed by atoms with van der Waals surface area (Å²) in [5, 5.41) is 9.23. The molecule has 2 N–H and O–H groups in total. The number of rotatable bonds is 19. The van der Waals surface area contributed by atoms with E-state index in [0.29, 0.717) is 12.8 Å². The molecule has 0 saturated carbocycles. The molecule has 4 nitrogen and oxygen atoms in total. The van der Waals surface area contributed by atoms with Crippen molar-refractivity contribution in [3.63, 3.8) is 0 Å². The van der Waals surface area contributed by atoms with E-state index in [1.807, 2.05) is 0 Å². The maximum Gasteiger partial charge on any atom is 0.270 e. The van der Waals surface area contributed by atoms with Crippen LogP contribution in [-0.2, 0) is 10.1 Å². The van der Waals surface area contributed by atoms with Gasteiger partial charge in [-0.05, 0) is 12.8 Å². The van der Waals surface area contributed by atoms with Crippen LogP contribution in [0.1, 0.15) is 123 Å². The van der Waals surface area contributed by atoms with Gasteiger partial charge in [0.15, 0.2) is 0 Å². The number of aliphatic hydroxyl groups is 1. The van der Waals surface area contributed by atoms with Gasteiger partial charge in [-0.15, -0.1) is 0 Å². The molecule has 0 bridgehead atoms. The first kappa shape index (κ1) is 25.9. The van der Waals surface area contributed by atoms with Crippen LogP contribution in [0.2, 0.25) is 0 Å². The summed E-state index contributed by atoms with van der Waals surface area (Å²) >= 11 is 0. The molecule has 0 rings (SSSR count). The van der Waals surface area contributed by atoms with Crippen molar-refractivity contribution in [3.8, 4) is 0 Å². The predicted molar refractivity (Wildman–Crippen MR) is 111 cm³/mol. The largest absolute Gasteiger partial charge is 0.392 e. The first-order valence-electron chi connectivity index (χ1n) is 11.1. The van der Waals surface area contributed by atoms with E-state index in [4.69, 9.17) is 0 Å². The molecular weight excluding hydrogens is 348 g/mol. The van der Waals surface area contributed by atoms with E-state index in [1.54, 1.807) is 0 Å². The maximum atomic E-state index is 11.6. The molecule has 0 aliphatic rings. The fourth-order valence-corrected chi connectivity index (χ4v) is 4.51. The Morgan fingerprint density at radius 3 is 1.35 bits per heavy atom. The Kier molecular flexibility index (Phi) is 16.9. The second kappa shape index (κ2) is 17.0. The van der Waals surface area contributed by atoms with Gasteiger partial charge in [0.05, 0.1) is 6.10 Å². The second-order valence-corrected chi connectivity index (χ2v) is 9.43. The molecule has 26 heavy (non-hydrogen) atoms. The van der Waals surface area contributed by atoms with Crippen LogP contribution in [0.4, 0.5) is 0 Å².